The Hall–Kier alpha value is -1.40. The summed E-state index contributed by atoms with van der Waals surface area (Å²) < 4.78 is 10.9. The predicted octanol–water partition coefficient (Wildman–Crippen LogP) is 0.908. The number of aromatic nitrogens is 2. The number of anilines is 2. The van der Waals surface area contributed by atoms with Gasteiger partial charge in [-0.2, -0.15) is 0 Å². The lowest BCUT2D eigenvalue weighted by molar-refractivity contribution is -0.0819. The summed E-state index contributed by atoms with van der Waals surface area (Å²) in [5.74, 6) is 2.47. The lowest BCUT2D eigenvalue weighted by Gasteiger charge is -2.23. The molecule has 0 amide bonds. The van der Waals surface area contributed by atoms with Gasteiger partial charge in [-0.05, 0) is 0 Å². The highest BCUT2D eigenvalue weighted by atomic mass is 16.6. The summed E-state index contributed by atoms with van der Waals surface area (Å²) in [7, 11) is 1.85. The van der Waals surface area contributed by atoms with Gasteiger partial charge in [0.1, 0.15) is 17.5 Å². The minimum atomic E-state index is 0.0943. The van der Waals surface area contributed by atoms with Gasteiger partial charge < -0.3 is 20.1 Å². The third-order valence-electron chi connectivity index (χ3n) is 2.74. The summed E-state index contributed by atoms with van der Waals surface area (Å²) in [6.07, 6.45) is 0.907. The molecule has 0 saturated carbocycles. The minimum absolute atomic E-state index is 0.0943. The van der Waals surface area contributed by atoms with Crippen LogP contribution in [0.3, 0.4) is 0 Å². The molecular weight excluding hydrogens is 232 g/mol. The molecule has 1 aromatic rings. The molecule has 100 valence electrons. The Kier molecular flexibility index (Phi) is 4.72. The number of ether oxygens (including phenoxy) is 2. The molecule has 2 heterocycles. The van der Waals surface area contributed by atoms with Crippen molar-refractivity contribution >= 4 is 11.6 Å². The van der Waals surface area contributed by atoms with Gasteiger partial charge in [0.2, 0.25) is 0 Å². The average molecular weight is 252 g/mol. The fourth-order valence-electron chi connectivity index (χ4n) is 1.75. The molecule has 1 aliphatic heterocycles. The first-order valence-corrected chi connectivity index (χ1v) is 6.30. The van der Waals surface area contributed by atoms with Gasteiger partial charge in [0, 0.05) is 26.1 Å². The first kappa shape index (κ1) is 13.0. The van der Waals surface area contributed by atoms with E-state index in [1.165, 1.54) is 0 Å². The van der Waals surface area contributed by atoms with Crippen molar-refractivity contribution in [1.82, 2.24) is 9.97 Å². The molecule has 0 spiro atoms. The van der Waals surface area contributed by atoms with Crippen molar-refractivity contribution < 1.29 is 9.47 Å². The topological polar surface area (TPSA) is 68.3 Å². The highest BCUT2D eigenvalue weighted by Gasteiger charge is 2.14. The molecule has 0 bridgehead atoms. The maximum Gasteiger partial charge on any atom is 0.132 e. The van der Waals surface area contributed by atoms with Crippen LogP contribution in [-0.4, -0.2) is 49.5 Å². The van der Waals surface area contributed by atoms with Crippen molar-refractivity contribution in [3.8, 4) is 0 Å². The zero-order chi connectivity index (χ0) is 12.8. The molecule has 2 rings (SSSR count). The van der Waals surface area contributed by atoms with E-state index < -0.39 is 0 Å². The first-order chi connectivity index (χ1) is 8.81. The van der Waals surface area contributed by atoms with Crippen LogP contribution in [0.1, 0.15) is 12.7 Å². The van der Waals surface area contributed by atoms with Crippen LogP contribution in [0.15, 0.2) is 6.07 Å². The average Bonchev–Trinajstić information content (AvgIpc) is 2.45. The van der Waals surface area contributed by atoms with Gasteiger partial charge in [0.05, 0.1) is 25.9 Å². The molecule has 1 atom stereocenters. The van der Waals surface area contributed by atoms with Crippen molar-refractivity contribution in [2.24, 2.45) is 0 Å². The third kappa shape index (κ3) is 3.54. The van der Waals surface area contributed by atoms with E-state index in [2.05, 4.69) is 20.6 Å². The van der Waals surface area contributed by atoms with Crippen molar-refractivity contribution in [1.29, 1.82) is 0 Å². The second-order valence-electron chi connectivity index (χ2n) is 4.11. The first-order valence-electron chi connectivity index (χ1n) is 6.30. The van der Waals surface area contributed by atoms with Crippen molar-refractivity contribution in [3.05, 3.63) is 11.9 Å². The molecular formula is C12H20N4O2. The van der Waals surface area contributed by atoms with Gasteiger partial charge in [-0.25, -0.2) is 9.97 Å². The number of hydrogen-bond donors (Lipinski definition) is 2. The number of nitrogens with one attached hydrogen (secondary N) is 2. The zero-order valence-corrected chi connectivity index (χ0v) is 10.9. The molecule has 6 nitrogen and oxygen atoms in total. The maximum atomic E-state index is 5.57. The maximum absolute atomic E-state index is 5.57. The Labute approximate surface area is 107 Å². The van der Waals surface area contributed by atoms with Gasteiger partial charge in [-0.3, -0.25) is 0 Å². The molecule has 1 aliphatic rings. The Morgan fingerprint density at radius 1 is 1.33 bits per heavy atom. The Bertz CT molecular complexity index is 358. The van der Waals surface area contributed by atoms with Crippen LogP contribution in [0.2, 0.25) is 0 Å². The number of nitrogens with zero attached hydrogens (tertiary/aromatic N) is 2. The zero-order valence-electron chi connectivity index (χ0n) is 10.9. The number of rotatable bonds is 5. The normalized spacial score (nSPS) is 19.6. The van der Waals surface area contributed by atoms with E-state index in [1.807, 2.05) is 20.0 Å². The number of aryl methyl sites for hydroxylation is 1. The molecule has 1 fully saturated rings. The summed E-state index contributed by atoms with van der Waals surface area (Å²) in [4.78, 5) is 8.77. The van der Waals surface area contributed by atoms with Crippen LogP contribution in [0.4, 0.5) is 11.6 Å². The number of hydrogen-bond acceptors (Lipinski definition) is 6. The highest BCUT2D eigenvalue weighted by molar-refractivity contribution is 5.47. The largest absolute Gasteiger partial charge is 0.376 e. The molecule has 1 aromatic heterocycles. The molecule has 2 N–H and O–H groups in total. The summed E-state index contributed by atoms with van der Waals surface area (Å²) in [6.45, 7) is 4.73. The van der Waals surface area contributed by atoms with E-state index in [1.54, 1.807) is 0 Å². The minimum Gasteiger partial charge on any atom is -0.376 e. The van der Waals surface area contributed by atoms with Gasteiger partial charge in [-0.15, -0.1) is 0 Å². The van der Waals surface area contributed by atoms with Crippen LogP contribution < -0.4 is 10.6 Å². The van der Waals surface area contributed by atoms with Gasteiger partial charge in [0.15, 0.2) is 0 Å². The highest BCUT2D eigenvalue weighted by Crippen LogP contribution is 2.12. The Morgan fingerprint density at radius 2 is 2.17 bits per heavy atom. The van der Waals surface area contributed by atoms with Crippen LogP contribution in [-0.2, 0) is 15.9 Å². The van der Waals surface area contributed by atoms with Crippen LogP contribution >= 0.6 is 0 Å². The summed E-state index contributed by atoms with van der Waals surface area (Å²) in [6, 6.07) is 1.89. The summed E-state index contributed by atoms with van der Waals surface area (Å²) >= 11 is 0. The standard InChI is InChI=1S/C12H20N4O2/c1-3-10-15-11(13-2)6-12(16-10)14-7-9-8-17-4-5-18-9/h6,9H,3-5,7-8H2,1-2H3,(H2,13,14,15,16). The smallest absolute Gasteiger partial charge is 0.132 e. The van der Waals surface area contributed by atoms with Crippen LogP contribution in [0, 0.1) is 0 Å². The van der Waals surface area contributed by atoms with E-state index in [0.29, 0.717) is 26.4 Å². The van der Waals surface area contributed by atoms with Gasteiger partial charge in [-0.1, -0.05) is 6.92 Å². The van der Waals surface area contributed by atoms with E-state index in [4.69, 9.17) is 9.47 Å². The monoisotopic (exact) mass is 252 g/mol. The summed E-state index contributed by atoms with van der Waals surface area (Å²) in [5.41, 5.74) is 0. The lowest BCUT2D eigenvalue weighted by Crippen LogP contribution is -2.34. The molecule has 6 heteroatoms. The lowest BCUT2D eigenvalue weighted by atomic mass is 10.3. The molecule has 0 aromatic carbocycles. The van der Waals surface area contributed by atoms with Gasteiger partial charge in [0.25, 0.3) is 0 Å². The summed E-state index contributed by atoms with van der Waals surface area (Å²) in [5, 5.41) is 6.30. The van der Waals surface area contributed by atoms with E-state index in [-0.39, 0.29) is 6.10 Å². The SMILES string of the molecule is CCc1nc(NC)cc(NCC2COCCO2)n1. The van der Waals surface area contributed by atoms with Crippen molar-refractivity contribution in [2.75, 3.05) is 44.0 Å². The molecule has 0 aliphatic carbocycles. The Morgan fingerprint density at radius 3 is 2.83 bits per heavy atom. The molecule has 0 radical (unpaired) electrons. The van der Waals surface area contributed by atoms with Crippen molar-refractivity contribution in [3.63, 3.8) is 0 Å². The van der Waals surface area contributed by atoms with E-state index in [0.717, 1.165) is 23.9 Å². The second-order valence-corrected chi connectivity index (χ2v) is 4.11. The molecule has 1 unspecified atom stereocenters. The van der Waals surface area contributed by atoms with Gasteiger partial charge >= 0.3 is 0 Å². The second kappa shape index (κ2) is 6.51. The molecule has 1 saturated heterocycles. The molecule has 18 heavy (non-hydrogen) atoms. The fraction of sp³-hybridized carbons (Fsp3) is 0.667. The van der Waals surface area contributed by atoms with Crippen LogP contribution in [0.25, 0.3) is 0 Å². The fourth-order valence-corrected chi connectivity index (χ4v) is 1.75. The van der Waals surface area contributed by atoms with Crippen molar-refractivity contribution in [2.45, 2.75) is 19.4 Å². The van der Waals surface area contributed by atoms with E-state index >= 15 is 0 Å². The predicted molar refractivity (Wildman–Crippen MR) is 70.0 cm³/mol. The van der Waals surface area contributed by atoms with Crippen LogP contribution in [0.5, 0.6) is 0 Å². The third-order valence-corrected chi connectivity index (χ3v) is 2.74. The quantitative estimate of drug-likeness (QED) is 0.812. The Balaban J connectivity index is 1.94. The van der Waals surface area contributed by atoms with E-state index in [9.17, 15) is 0 Å².